The second-order valence-corrected chi connectivity index (χ2v) is 19.1. The Kier molecular flexibility index (Phi) is 53.2. The molecule has 300 valence electrons. The molecule has 2 unspecified atom stereocenters. The summed E-state index contributed by atoms with van der Waals surface area (Å²) in [5.74, 6) is 0. The van der Waals surface area contributed by atoms with Crippen LogP contribution in [0.4, 0.5) is 9.59 Å². The van der Waals surface area contributed by atoms with Crippen molar-refractivity contribution in [2.75, 3.05) is 0 Å². The molecule has 0 aliphatic rings. The quantitative estimate of drug-likeness (QED) is 0.0274. The fourth-order valence-corrected chi connectivity index (χ4v) is 9.33. The number of hydrogen-bond donors (Lipinski definition) is 2. The van der Waals surface area contributed by atoms with Crippen molar-refractivity contribution < 1.29 is 39.3 Å². The van der Waals surface area contributed by atoms with Crippen LogP contribution in [0.5, 0.6) is 0 Å². The Balaban J connectivity index is -0.000000886. The van der Waals surface area contributed by atoms with Gasteiger partial charge in [0.05, 0.1) is 0 Å². The van der Waals surface area contributed by atoms with E-state index in [1.54, 1.807) is 21.6 Å². The van der Waals surface area contributed by atoms with Crippen LogP contribution < -0.4 is 19.7 Å². The number of hydrogen-bond acceptors (Lipinski definition) is 8. The van der Waals surface area contributed by atoms with Gasteiger partial charge in [-0.2, -0.15) is 0 Å². The molecular formula is C40H80N2O4S4Zn. The smallest absolute Gasteiger partial charge is 0.529 e. The summed E-state index contributed by atoms with van der Waals surface area (Å²) < 4.78 is 4.43. The second kappa shape index (κ2) is 48.6. The van der Waals surface area contributed by atoms with Crippen molar-refractivity contribution in [1.82, 2.24) is 9.44 Å². The summed E-state index contributed by atoms with van der Waals surface area (Å²) >= 11 is 0. The van der Waals surface area contributed by atoms with Crippen molar-refractivity contribution in [3.8, 4) is 0 Å². The molecule has 0 aliphatic heterocycles. The third-order valence-electron chi connectivity index (χ3n) is 9.10. The van der Waals surface area contributed by atoms with Crippen LogP contribution in [0.15, 0.2) is 0 Å². The van der Waals surface area contributed by atoms with Crippen molar-refractivity contribution in [1.29, 1.82) is 0 Å². The number of amides is 2. The summed E-state index contributed by atoms with van der Waals surface area (Å²) in [5, 5.41) is 21.4. The molecule has 11 heteroatoms. The van der Waals surface area contributed by atoms with Gasteiger partial charge in [-0.1, -0.05) is 242 Å². The van der Waals surface area contributed by atoms with Gasteiger partial charge in [-0.3, -0.25) is 0 Å². The van der Waals surface area contributed by atoms with E-state index in [2.05, 4.69) is 37.1 Å². The Morgan fingerprint density at radius 1 is 0.412 bits per heavy atom. The molecule has 0 heterocycles. The van der Waals surface area contributed by atoms with Gasteiger partial charge in [0, 0.05) is 32.5 Å². The average molecular weight is 847 g/mol. The van der Waals surface area contributed by atoms with Crippen molar-refractivity contribution in [3.05, 3.63) is 0 Å². The van der Waals surface area contributed by atoms with Crippen LogP contribution in [0.2, 0.25) is 0 Å². The SMILES string of the molecule is CCCCCCCCCCCCCCCCCC(C)SSNC(=O)[O-].CCCCCCCCCCCCCCCCCC(C)SSNC(=O)[O-].[Zn+2]. The first-order valence-electron chi connectivity index (χ1n) is 20.9. The zero-order chi connectivity index (χ0) is 37.2. The van der Waals surface area contributed by atoms with Crippen LogP contribution in [0.3, 0.4) is 0 Å². The predicted molar refractivity (Wildman–Crippen MR) is 225 cm³/mol. The summed E-state index contributed by atoms with van der Waals surface area (Å²) in [7, 11) is 5.48. The molecule has 0 fully saturated rings. The molecule has 51 heavy (non-hydrogen) atoms. The largest absolute Gasteiger partial charge is 2.00 e. The van der Waals surface area contributed by atoms with Crippen LogP contribution in [-0.2, 0) is 19.5 Å². The molecule has 2 N–H and O–H groups in total. The molecule has 0 aliphatic carbocycles. The van der Waals surface area contributed by atoms with Gasteiger partial charge >= 0.3 is 19.5 Å². The minimum absolute atomic E-state index is 0. The molecule has 2 atom stereocenters. The zero-order valence-corrected chi connectivity index (χ0v) is 40.0. The van der Waals surface area contributed by atoms with Crippen LogP contribution >= 0.6 is 43.5 Å². The van der Waals surface area contributed by atoms with Crippen molar-refractivity contribution in [2.24, 2.45) is 0 Å². The molecule has 0 bridgehead atoms. The minimum Gasteiger partial charge on any atom is -0.529 e. The number of carboxylic acid groups (broad SMARTS) is 2. The molecule has 6 nitrogen and oxygen atoms in total. The standard InChI is InChI=1S/2C20H41NO2S2.Zn/c2*1-3-4-5-6-7-8-9-10-11-12-13-14-15-16-17-18-19(2)24-25-21-20(22)23;/h2*19,21H,3-18H2,1-2H3,(H,22,23);/q;;+2/p-2. The molecule has 0 radical (unpaired) electrons. The maximum absolute atomic E-state index is 10.2. The average Bonchev–Trinajstić information content (AvgIpc) is 3.08. The van der Waals surface area contributed by atoms with Gasteiger partial charge in [-0.15, -0.1) is 0 Å². The van der Waals surface area contributed by atoms with Crippen LogP contribution in [0.1, 0.15) is 233 Å². The monoisotopic (exact) mass is 844 g/mol. The number of unbranched alkanes of at least 4 members (excludes halogenated alkanes) is 28. The van der Waals surface area contributed by atoms with Gasteiger partial charge < -0.3 is 29.2 Å². The summed E-state index contributed by atoms with van der Waals surface area (Å²) in [5.41, 5.74) is 0. The number of carbonyl (C=O) groups excluding carboxylic acids is 2. The Hall–Kier alpha value is 0.563. The fourth-order valence-electron chi connectivity index (χ4n) is 5.98. The molecule has 2 amide bonds. The third kappa shape index (κ3) is 55.0. The number of rotatable bonds is 38. The first-order chi connectivity index (χ1) is 24.3. The first-order valence-corrected chi connectivity index (χ1v) is 25.3. The van der Waals surface area contributed by atoms with E-state index >= 15 is 0 Å². The van der Waals surface area contributed by atoms with E-state index in [1.807, 2.05) is 0 Å². The van der Waals surface area contributed by atoms with Crippen LogP contribution in [-0.4, -0.2) is 22.7 Å². The molecule has 0 aromatic rings. The molecule has 0 saturated carbocycles. The number of nitrogens with one attached hydrogen (secondary N) is 2. The molecule has 0 aromatic carbocycles. The van der Waals surface area contributed by atoms with Crippen molar-refractivity contribution in [2.45, 2.75) is 244 Å². The molecular weight excluding hydrogens is 766 g/mol. The number of carbonyl (C=O) groups is 2. The van der Waals surface area contributed by atoms with Gasteiger partial charge in [0.2, 0.25) is 0 Å². The Morgan fingerprint density at radius 3 is 0.804 bits per heavy atom. The van der Waals surface area contributed by atoms with E-state index in [9.17, 15) is 19.8 Å². The summed E-state index contributed by atoms with van der Waals surface area (Å²) in [4.78, 5) is 20.5. The van der Waals surface area contributed by atoms with Gasteiger partial charge in [0.25, 0.3) is 0 Å². The van der Waals surface area contributed by atoms with Gasteiger partial charge in [0.15, 0.2) is 0 Å². The summed E-state index contributed by atoms with van der Waals surface area (Å²) in [6.45, 7) is 8.86. The van der Waals surface area contributed by atoms with Crippen LogP contribution in [0, 0.1) is 0 Å². The Labute approximate surface area is 345 Å². The fraction of sp³-hybridized carbons (Fsp3) is 0.950. The van der Waals surface area contributed by atoms with E-state index in [-0.39, 0.29) is 19.5 Å². The Morgan fingerprint density at radius 2 is 0.608 bits per heavy atom. The van der Waals surface area contributed by atoms with E-state index in [0.717, 1.165) is 34.8 Å². The van der Waals surface area contributed by atoms with Crippen molar-refractivity contribution in [3.63, 3.8) is 0 Å². The van der Waals surface area contributed by atoms with Gasteiger partial charge in [-0.25, -0.2) is 0 Å². The summed E-state index contributed by atoms with van der Waals surface area (Å²) in [6, 6.07) is 0. The second-order valence-electron chi connectivity index (χ2n) is 14.2. The van der Waals surface area contributed by atoms with E-state index in [4.69, 9.17) is 0 Å². The maximum atomic E-state index is 10.2. The normalized spacial score (nSPS) is 12.0. The maximum Gasteiger partial charge on any atom is 2.00 e. The van der Waals surface area contributed by atoms with Gasteiger partial charge in [-0.05, 0) is 12.8 Å². The predicted octanol–water partition coefficient (Wildman–Crippen LogP) is 13.7. The van der Waals surface area contributed by atoms with E-state index in [1.165, 1.54) is 193 Å². The van der Waals surface area contributed by atoms with Crippen LogP contribution in [0.25, 0.3) is 0 Å². The topological polar surface area (TPSA) is 104 Å². The third-order valence-corrected chi connectivity index (χ3v) is 14.0. The van der Waals surface area contributed by atoms with E-state index < -0.39 is 12.2 Å². The zero-order valence-electron chi connectivity index (χ0n) is 33.8. The Bertz CT molecular complexity index is 645. The molecule has 0 saturated heterocycles. The molecule has 0 aromatic heterocycles. The van der Waals surface area contributed by atoms with E-state index in [0.29, 0.717) is 10.5 Å². The minimum atomic E-state index is -1.21. The molecule has 0 rings (SSSR count). The van der Waals surface area contributed by atoms with Crippen molar-refractivity contribution >= 4 is 55.7 Å². The molecule has 0 spiro atoms. The van der Waals surface area contributed by atoms with Gasteiger partial charge in [0.1, 0.15) is 12.2 Å². The summed E-state index contributed by atoms with van der Waals surface area (Å²) in [6.07, 6.45) is 41.7. The first kappa shape index (κ1) is 55.9.